The van der Waals surface area contributed by atoms with Crippen molar-refractivity contribution in [2.45, 2.75) is 25.8 Å². The predicted molar refractivity (Wildman–Crippen MR) is 97.6 cm³/mol. The molecule has 2 aromatic rings. The van der Waals surface area contributed by atoms with Gasteiger partial charge >= 0.3 is 0 Å². The quantitative estimate of drug-likeness (QED) is 0.824. The lowest BCUT2D eigenvalue weighted by Gasteiger charge is -2.32. The molecule has 2 amide bonds. The minimum Gasteiger partial charge on any atom is -0.352 e. The van der Waals surface area contributed by atoms with Gasteiger partial charge in [0.1, 0.15) is 17.5 Å². The van der Waals surface area contributed by atoms with Crippen LogP contribution in [-0.2, 0) is 22.6 Å². The normalized spacial score (nSPS) is 16.9. The molecule has 1 aliphatic rings. The Hall–Kier alpha value is -2.83. The van der Waals surface area contributed by atoms with E-state index in [-0.39, 0.29) is 42.7 Å². The molecule has 1 N–H and O–H groups in total. The fraction of sp³-hybridized carbons (Fsp3) is 0.333. The fourth-order valence-corrected chi connectivity index (χ4v) is 3.32. The zero-order valence-corrected chi connectivity index (χ0v) is 15.3. The predicted octanol–water partition coefficient (Wildman–Crippen LogP) is 3.20. The van der Waals surface area contributed by atoms with E-state index in [1.54, 1.807) is 17.0 Å². The fourth-order valence-electron chi connectivity index (χ4n) is 3.32. The summed E-state index contributed by atoms with van der Waals surface area (Å²) in [7, 11) is 0. The van der Waals surface area contributed by atoms with Crippen LogP contribution < -0.4 is 5.32 Å². The lowest BCUT2D eigenvalue weighted by molar-refractivity contribution is -0.138. The highest BCUT2D eigenvalue weighted by molar-refractivity contribution is 5.83. The van der Waals surface area contributed by atoms with Gasteiger partial charge in [0.15, 0.2) is 0 Å². The van der Waals surface area contributed by atoms with E-state index >= 15 is 0 Å². The van der Waals surface area contributed by atoms with Crippen LogP contribution >= 0.6 is 0 Å². The second-order valence-electron chi connectivity index (χ2n) is 6.87. The highest BCUT2D eigenvalue weighted by atomic mass is 19.1. The molecular weight excluding hydrogens is 369 g/mol. The van der Waals surface area contributed by atoms with Crippen LogP contribution in [0.2, 0.25) is 0 Å². The minimum absolute atomic E-state index is 0.0550. The van der Waals surface area contributed by atoms with Gasteiger partial charge in [-0.2, -0.15) is 0 Å². The second kappa shape index (κ2) is 8.91. The second-order valence-corrected chi connectivity index (χ2v) is 6.87. The lowest BCUT2D eigenvalue weighted by Crippen LogP contribution is -2.46. The molecule has 4 nitrogen and oxygen atoms in total. The molecule has 1 unspecified atom stereocenters. The van der Waals surface area contributed by atoms with Gasteiger partial charge in [-0.15, -0.1) is 0 Å². The summed E-state index contributed by atoms with van der Waals surface area (Å²) in [5.41, 5.74) is 0.583. The Kier molecular flexibility index (Phi) is 6.34. The van der Waals surface area contributed by atoms with E-state index in [1.807, 2.05) is 0 Å². The number of benzene rings is 2. The zero-order chi connectivity index (χ0) is 20.1. The van der Waals surface area contributed by atoms with E-state index in [4.69, 9.17) is 0 Å². The summed E-state index contributed by atoms with van der Waals surface area (Å²) < 4.78 is 40.6. The number of carbonyl (C=O) groups is 2. The van der Waals surface area contributed by atoms with Crippen LogP contribution in [-0.4, -0.2) is 29.8 Å². The van der Waals surface area contributed by atoms with E-state index in [2.05, 4.69) is 5.32 Å². The van der Waals surface area contributed by atoms with Crippen molar-refractivity contribution < 1.29 is 22.8 Å². The molecule has 0 aliphatic carbocycles. The van der Waals surface area contributed by atoms with E-state index in [9.17, 15) is 22.8 Å². The largest absolute Gasteiger partial charge is 0.352 e. The number of carbonyl (C=O) groups excluding carboxylic acids is 2. The molecule has 1 atom stereocenters. The first-order chi connectivity index (χ1) is 13.4. The van der Waals surface area contributed by atoms with Crippen LogP contribution in [0, 0.1) is 23.4 Å². The van der Waals surface area contributed by atoms with Gasteiger partial charge < -0.3 is 10.2 Å². The van der Waals surface area contributed by atoms with Crippen LogP contribution in [0.3, 0.4) is 0 Å². The first kappa shape index (κ1) is 19.9. The van der Waals surface area contributed by atoms with E-state index < -0.39 is 17.6 Å². The molecule has 0 aromatic heterocycles. The Bertz CT molecular complexity index is 852. The van der Waals surface area contributed by atoms with E-state index in [0.717, 1.165) is 17.7 Å². The number of nitrogens with zero attached hydrogens (tertiary/aromatic N) is 1. The minimum atomic E-state index is -0.712. The summed E-state index contributed by atoms with van der Waals surface area (Å²) in [4.78, 5) is 26.1. The molecule has 3 rings (SSSR count). The summed E-state index contributed by atoms with van der Waals surface area (Å²) in [6, 6.07) is 9.70. The zero-order valence-electron chi connectivity index (χ0n) is 15.3. The van der Waals surface area contributed by atoms with Gasteiger partial charge in [-0.05, 0) is 42.7 Å². The summed E-state index contributed by atoms with van der Waals surface area (Å²) in [6.07, 6.45) is 1.11. The van der Waals surface area contributed by atoms with Crippen molar-refractivity contribution in [1.29, 1.82) is 0 Å². The summed E-state index contributed by atoms with van der Waals surface area (Å²) >= 11 is 0. The Balaban J connectivity index is 1.55. The molecular formula is C21H21F3N2O2. The molecule has 0 spiro atoms. The first-order valence-corrected chi connectivity index (χ1v) is 9.17. The molecule has 0 bridgehead atoms. The van der Waals surface area contributed by atoms with Gasteiger partial charge in [-0.1, -0.05) is 18.2 Å². The maximum Gasteiger partial charge on any atom is 0.225 e. The maximum atomic E-state index is 13.7. The van der Waals surface area contributed by atoms with Crippen molar-refractivity contribution in [3.05, 3.63) is 71.0 Å². The molecule has 0 saturated carbocycles. The third-order valence-corrected chi connectivity index (χ3v) is 4.93. The lowest BCUT2D eigenvalue weighted by atomic mass is 9.96. The summed E-state index contributed by atoms with van der Waals surface area (Å²) in [5, 5.41) is 2.56. The number of hydrogen-bond acceptors (Lipinski definition) is 2. The van der Waals surface area contributed by atoms with Crippen LogP contribution in [0.25, 0.3) is 0 Å². The Morgan fingerprint density at radius 2 is 1.82 bits per heavy atom. The molecule has 2 aromatic carbocycles. The van der Waals surface area contributed by atoms with E-state index in [1.165, 1.54) is 18.2 Å². The van der Waals surface area contributed by atoms with Crippen molar-refractivity contribution in [2.24, 2.45) is 5.92 Å². The van der Waals surface area contributed by atoms with Crippen LogP contribution in [0.15, 0.2) is 42.5 Å². The summed E-state index contributed by atoms with van der Waals surface area (Å²) in [5.74, 6) is -2.60. The number of halogens is 3. The Morgan fingerprint density at radius 3 is 2.54 bits per heavy atom. The van der Waals surface area contributed by atoms with Crippen LogP contribution in [0.4, 0.5) is 13.2 Å². The van der Waals surface area contributed by atoms with Gasteiger partial charge in [-0.3, -0.25) is 9.59 Å². The van der Waals surface area contributed by atoms with Crippen LogP contribution in [0.1, 0.15) is 24.0 Å². The van der Waals surface area contributed by atoms with Crippen molar-refractivity contribution in [2.75, 3.05) is 13.1 Å². The molecule has 7 heteroatoms. The van der Waals surface area contributed by atoms with Gasteiger partial charge in [0.2, 0.25) is 11.8 Å². The Morgan fingerprint density at radius 1 is 1.11 bits per heavy atom. The number of nitrogens with one attached hydrogen (secondary N) is 1. The van der Waals surface area contributed by atoms with Crippen LogP contribution in [0.5, 0.6) is 0 Å². The smallest absolute Gasteiger partial charge is 0.225 e. The highest BCUT2D eigenvalue weighted by Crippen LogP contribution is 2.19. The number of hydrogen-bond donors (Lipinski definition) is 1. The van der Waals surface area contributed by atoms with Crippen molar-refractivity contribution in [3.8, 4) is 0 Å². The van der Waals surface area contributed by atoms with E-state index in [0.29, 0.717) is 19.4 Å². The number of rotatable bonds is 6. The maximum absolute atomic E-state index is 13.7. The van der Waals surface area contributed by atoms with Gasteiger partial charge in [0.25, 0.3) is 0 Å². The van der Waals surface area contributed by atoms with Gasteiger partial charge in [0, 0.05) is 31.6 Å². The number of likely N-dealkylation sites (tertiary alicyclic amines) is 1. The van der Waals surface area contributed by atoms with Crippen molar-refractivity contribution in [3.63, 3.8) is 0 Å². The first-order valence-electron chi connectivity index (χ1n) is 9.17. The molecule has 1 saturated heterocycles. The SMILES string of the molecule is O=C(NCc1c(F)cccc1F)C1CCC(=O)N(CCc2cccc(F)c2)C1. The molecule has 28 heavy (non-hydrogen) atoms. The average Bonchev–Trinajstić information content (AvgIpc) is 2.67. The summed E-state index contributed by atoms with van der Waals surface area (Å²) in [6.45, 7) is 0.374. The molecule has 0 radical (unpaired) electrons. The Labute approximate surface area is 161 Å². The van der Waals surface area contributed by atoms with Gasteiger partial charge in [-0.25, -0.2) is 13.2 Å². The average molecular weight is 390 g/mol. The molecule has 148 valence electrons. The van der Waals surface area contributed by atoms with Gasteiger partial charge in [0.05, 0.1) is 5.92 Å². The topological polar surface area (TPSA) is 49.4 Å². The monoisotopic (exact) mass is 390 g/mol. The number of piperidine rings is 1. The molecule has 1 heterocycles. The standard InChI is InChI=1S/C21H21F3N2O2/c22-16-4-1-3-14(11-16)9-10-26-13-15(7-8-20(26)27)21(28)25-12-17-18(23)5-2-6-19(17)24/h1-6,11,15H,7-10,12-13H2,(H,25,28). The molecule has 1 fully saturated rings. The van der Waals surface area contributed by atoms with Crippen molar-refractivity contribution in [1.82, 2.24) is 10.2 Å². The molecule has 1 aliphatic heterocycles. The third kappa shape index (κ3) is 4.91. The highest BCUT2D eigenvalue weighted by Gasteiger charge is 2.30. The third-order valence-electron chi connectivity index (χ3n) is 4.93. The number of amides is 2. The van der Waals surface area contributed by atoms with Crippen molar-refractivity contribution >= 4 is 11.8 Å².